The van der Waals surface area contributed by atoms with Crippen molar-refractivity contribution in [3.05, 3.63) is 29.3 Å². The maximum Gasteiger partial charge on any atom is 0.240 e. The smallest absolute Gasteiger partial charge is 0.240 e. The summed E-state index contributed by atoms with van der Waals surface area (Å²) in [5.74, 6) is 2.60. The Kier molecular flexibility index (Phi) is 6.32. The van der Waals surface area contributed by atoms with Crippen molar-refractivity contribution < 1.29 is 8.42 Å². The molecule has 3 N–H and O–H groups in total. The van der Waals surface area contributed by atoms with Gasteiger partial charge in [-0.25, -0.2) is 13.1 Å². The molecule has 0 spiro atoms. The van der Waals surface area contributed by atoms with Crippen molar-refractivity contribution >= 4 is 27.7 Å². The zero-order valence-corrected chi connectivity index (χ0v) is 15.2. The molecule has 6 nitrogen and oxygen atoms in total. The molecule has 8 heteroatoms. The first-order chi connectivity index (χ1) is 10.9. The van der Waals surface area contributed by atoms with E-state index < -0.39 is 10.0 Å². The van der Waals surface area contributed by atoms with Crippen LogP contribution in [0.15, 0.2) is 28.1 Å². The summed E-state index contributed by atoms with van der Waals surface area (Å²) < 4.78 is 27.3. The van der Waals surface area contributed by atoms with E-state index in [1.807, 2.05) is 35.7 Å². The van der Waals surface area contributed by atoms with Crippen LogP contribution in [0.2, 0.25) is 0 Å². The molecule has 1 fully saturated rings. The highest BCUT2D eigenvalue weighted by atomic mass is 32.2. The quantitative estimate of drug-likeness (QED) is 0.466. The van der Waals surface area contributed by atoms with Crippen molar-refractivity contribution in [2.24, 2.45) is 10.7 Å². The molecule has 0 aromatic heterocycles. The van der Waals surface area contributed by atoms with Gasteiger partial charge in [0.15, 0.2) is 5.96 Å². The summed E-state index contributed by atoms with van der Waals surface area (Å²) in [5, 5.41) is 0. The molecule has 0 saturated carbocycles. The number of hydrogen-bond donors (Lipinski definition) is 2. The molecule has 0 radical (unpaired) electrons. The molecule has 23 heavy (non-hydrogen) atoms. The molecule has 1 aromatic rings. The average Bonchev–Trinajstić information content (AvgIpc) is 2.54. The van der Waals surface area contributed by atoms with E-state index in [1.54, 1.807) is 13.0 Å². The molecule has 0 amide bonds. The number of thioether (sulfide) groups is 1. The number of guanidine groups is 1. The summed E-state index contributed by atoms with van der Waals surface area (Å²) in [6.07, 6.45) is 0. The number of nitrogens with one attached hydrogen (secondary N) is 1. The second-order valence-corrected chi connectivity index (χ2v) is 8.47. The number of sulfonamides is 1. The number of aliphatic imine (C=N–C) groups is 1. The highest BCUT2D eigenvalue weighted by Gasteiger charge is 2.16. The van der Waals surface area contributed by atoms with E-state index in [1.165, 1.54) is 0 Å². The number of benzene rings is 1. The summed E-state index contributed by atoms with van der Waals surface area (Å²) in [5.41, 5.74) is 7.59. The van der Waals surface area contributed by atoms with E-state index >= 15 is 0 Å². The zero-order chi connectivity index (χ0) is 16.9. The molecule has 2 rings (SSSR count). The first-order valence-electron chi connectivity index (χ1n) is 7.60. The molecule has 0 atom stereocenters. The van der Waals surface area contributed by atoms with Gasteiger partial charge >= 0.3 is 0 Å². The second-order valence-electron chi connectivity index (χ2n) is 5.51. The third-order valence-corrected chi connectivity index (χ3v) is 6.19. The summed E-state index contributed by atoms with van der Waals surface area (Å²) in [6.45, 7) is 6.03. The molecule has 1 aromatic carbocycles. The number of aryl methyl sites for hydroxylation is 2. The molecule has 0 unspecified atom stereocenters. The van der Waals surface area contributed by atoms with Gasteiger partial charge in [-0.2, -0.15) is 11.8 Å². The molecule has 0 aliphatic carbocycles. The van der Waals surface area contributed by atoms with Crippen LogP contribution in [-0.4, -0.2) is 57.0 Å². The van der Waals surface area contributed by atoms with Crippen LogP contribution < -0.4 is 10.5 Å². The van der Waals surface area contributed by atoms with E-state index in [2.05, 4.69) is 9.71 Å². The van der Waals surface area contributed by atoms with E-state index in [-0.39, 0.29) is 6.54 Å². The van der Waals surface area contributed by atoms with Gasteiger partial charge in [-0.1, -0.05) is 12.1 Å². The molecule has 1 saturated heterocycles. The van der Waals surface area contributed by atoms with E-state index in [4.69, 9.17) is 5.73 Å². The minimum Gasteiger partial charge on any atom is -0.370 e. The Morgan fingerprint density at radius 2 is 2.04 bits per heavy atom. The van der Waals surface area contributed by atoms with Gasteiger partial charge in [0.1, 0.15) is 0 Å². The summed E-state index contributed by atoms with van der Waals surface area (Å²) in [7, 11) is -3.51. The fraction of sp³-hybridized carbons (Fsp3) is 0.533. The highest BCUT2D eigenvalue weighted by Crippen LogP contribution is 2.16. The molecule has 0 bridgehead atoms. The van der Waals surface area contributed by atoms with Crippen LogP contribution in [0, 0.1) is 13.8 Å². The van der Waals surface area contributed by atoms with Crippen molar-refractivity contribution in [1.29, 1.82) is 0 Å². The third-order valence-electron chi connectivity index (χ3n) is 3.65. The van der Waals surface area contributed by atoms with E-state index in [0.29, 0.717) is 17.4 Å². The predicted molar refractivity (Wildman–Crippen MR) is 96.5 cm³/mol. The Labute approximate surface area is 142 Å². The van der Waals surface area contributed by atoms with Crippen molar-refractivity contribution in [1.82, 2.24) is 9.62 Å². The number of nitrogens with zero attached hydrogens (tertiary/aromatic N) is 2. The minimum absolute atomic E-state index is 0.235. The molecule has 1 heterocycles. The monoisotopic (exact) mass is 356 g/mol. The summed E-state index contributed by atoms with van der Waals surface area (Å²) in [4.78, 5) is 6.63. The van der Waals surface area contributed by atoms with Gasteiger partial charge in [0.25, 0.3) is 0 Å². The lowest BCUT2D eigenvalue weighted by Gasteiger charge is -2.27. The summed E-state index contributed by atoms with van der Waals surface area (Å²) in [6, 6.07) is 5.39. The van der Waals surface area contributed by atoms with Gasteiger partial charge < -0.3 is 10.6 Å². The van der Waals surface area contributed by atoms with E-state index in [9.17, 15) is 8.42 Å². The lowest BCUT2D eigenvalue weighted by Crippen LogP contribution is -2.43. The molecule has 1 aliphatic rings. The maximum absolute atomic E-state index is 12.3. The fourth-order valence-corrected chi connectivity index (χ4v) is 4.57. The summed E-state index contributed by atoms with van der Waals surface area (Å²) >= 11 is 1.90. The lowest BCUT2D eigenvalue weighted by atomic mass is 10.2. The van der Waals surface area contributed by atoms with Crippen molar-refractivity contribution in [2.75, 3.05) is 37.7 Å². The number of hydrogen-bond acceptors (Lipinski definition) is 4. The predicted octanol–water partition coefficient (Wildman–Crippen LogP) is 0.945. The normalized spacial score (nSPS) is 16.6. The van der Waals surface area contributed by atoms with Crippen molar-refractivity contribution in [3.8, 4) is 0 Å². The van der Waals surface area contributed by atoms with Crippen LogP contribution in [0.25, 0.3) is 0 Å². The van der Waals surface area contributed by atoms with Gasteiger partial charge in [0.05, 0.1) is 11.4 Å². The third kappa shape index (κ3) is 5.12. The number of rotatable bonds is 5. The molecule has 1 aliphatic heterocycles. The highest BCUT2D eigenvalue weighted by molar-refractivity contribution is 7.99. The molecular weight excluding hydrogens is 332 g/mol. The van der Waals surface area contributed by atoms with Gasteiger partial charge in [-0.3, -0.25) is 4.99 Å². The SMILES string of the molecule is Cc1ccc(C)c(S(=O)(=O)NCCN=C(N)N2CCSCC2)c1. The Morgan fingerprint density at radius 3 is 2.74 bits per heavy atom. The topological polar surface area (TPSA) is 87.8 Å². The first kappa shape index (κ1) is 18.1. The maximum atomic E-state index is 12.3. The zero-order valence-electron chi connectivity index (χ0n) is 13.6. The standard InChI is InChI=1S/C15H24N4O2S2/c1-12-3-4-13(2)14(11-12)23(20,21)18-6-5-17-15(16)19-7-9-22-10-8-19/h3-4,11,18H,5-10H2,1-2H3,(H2,16,17). The second kappa shape index (κ2) is 8.03. The molecule has 128 valence electrons. The van der Waals surface area contributed by atoms with Crippen LogP contribution in [0.3, 0.4) is 0 Å². The lowest BCUT2D eigenvalue weighted by molar-refractivity contribution is 0.456. The van der Waals surface area contributed by atoms with Crippen LogP contribution in [-0.2, 0) is 10.0 Å². The minimum atomic E-state index is -3.51. The average molecular weight is 357 g/mol. The Bertz CT molecular complexity index is 668. The number of nitrogens with two attached hydrogens (primary N) is 1. The van der Waals surface area contributed by atoms with Crippen molar-refractivity contribution in [2.45, 2.75) is 18.7 Å². The molecular formula is C15H24N4O2S2. The van der Waals surface area contributed by atoms with E-state index in [0.717, 1.165) is 35.7 Å². The fourth-order valence-electron chi connectivity index (χ4n) is 2.32. The Hall–Kier alpha value is -1.25. The van der Waals surface area contributed by atoms with Crippen LogP contribution in [0.5, 0.6) is 0 Å². The van der Waals surface area contributed by atoms with Crippen LogP contribution >= 0.6 is 11.8 Å². The van der Waals surface area contributed by atoms with Crippen LogP contribution in [0.4, 0.5) is 0 Å². The van der Waals surface area contributed by atoms with Gasteiger partial charge in [-0.05, 0) is 31.0 Å². The van der Waals surface area contributed by atoms with Gasteiger partial charge in [-0.15, -0.1) is 0 Å². The van der Waals surface area contributed by atoms with Gasteiger partial charge in [0.2, 0.25) is 10.0 Å². The largest absolute Gasteiger partial charge is 0.370 e. The first-order valence-corrected chi connectivity index (χ1v) is 10.2. The van der Waals surface area contributed by atoms with Gasteiger partial charge in [0, 0.05) is 31.1 Å². The van der Waals surface area contributed by atoms with Crippen LogP contribution in [0.1, 0.15) is 11.1 Å². The Morgan fingerprint density at radius 1 is 1.35 bits per heavy atom. The Balaban J connectivity index is 1.91. The van der Waals surface area contributed by atoms with Crippen molar-refractivity contribution in [3.63, 3.8) is 0 Å².